The highest BCUT2D eigenvalue weighted by molar-refractivity contribution is 9.10. The number of rotatable bonds is 6. The van der Waals surface area contributed by atoms with E-state index in [4.69, 9.17) is 4.74 Å². The number of pyridine rings is 1. The Hall–Kier alpha value is -2.67. The SMILES string of the molecule is Cn1ncc(NCc2cccnc2OCc2ccccc2)c(Br)c1=O. The first-order valence-corrected chi connectivity index (χ1v) is 8.51. The van der Waals surface area contributed by atoms with Gasteiger partial charge in [0.1, 0.15) is 11.1 Å². The zero-order valence-corrected chi connectivity index (χ0v) is 15.2. The first-order chi connectivity index (χ1) is 12.1. The van der Waals surface area contributed by atoms with Crippen molar-refractivity contribution < 1.29 is 4.74 Å². The van der Waals surface area contributed by atoms with Gasteiger partial charge in [0.25, 0.3) is 5.56 Å². The average Bonchev–Trinajstić information content (AvgIpc) is 2.65. The first kappa shape index (κ1) is 17.2. The summed E-state index contributed by atoms with van der Waals surface area (Å²) in [7, 11) is 1.60. The quantitative estimate of drug-likeness (QED) is 0.688. The van der Waals surface area contributed by atoms with Crippen LogP contribution in [0.5, 0.6) is 5.88 Å². The van der Waals surface area contributed by atoms with Crippen LogP contribution in [-0.2, 0) is 20.2 Å². The molecule has 0 unspecified atom stereocenters. The summed E-state index contributed by atoms with van der Waals surface area (Å²) in [5.74, 6) is 0.562. The lowest BCUT2D eigenvalue weighted by molar-refractivity contribution is 0.291. The molecule has 0 atom stereocenters. The fourth-order valence-corrected chi connectivity index (χ4v) is 2.74. The Bertz CT molecular complexity index is 912. The van der Waals surface area contributed by atoms with Gasteiger partial charge < -0.3 is 10.1 Å². The minimum Gasteiger partial charge on any atom is -0.473 e. The summed E-state index contributed by atoms with van der Waals surface area (Å²) in [4.78, 5) is 16.2. The van der Waals surface area contributed by atoms with E-state index >= 15 is 0 Å². The van der Waals surface area contributed by atoms with Crippen molar-refractivity contribution in [2.75, 3.05) is 5.32 Å². The van der Waals surface area contributed by atoms with Crippen molar-refractivity contribution in [1.29, 1.82) is 0 Å². The number of aromatic nitrogens is 3. The number of aryl methyl sites for hydroxylation is 1. The van der Waals surface area contributed by atoms with E-state index in [9.17, 15) is 4.79 Å². The molecular formula is C18H17BrN4O2. The molecule has 3 rings (SSSR count). The Balaban J connectivity index is 1.71. The van der Waals surface area contributed by atoms with Crippen molar-refractivity contribution in [3.8, 4) is 5.88 Å². The van der Waals surface area contributed by atoms with E-state index in [0.717, 1.165) is 11.1 Å². The molecule has 0 aliphatic heterocycles. The molecule has 0 bridgehead atoms. The van der Waals surface area contributed by atoms with Gasteiger partial charge in [-0.1, -0.05) is 36.4 Å². The van der Waals surface area contributed by atoms with Crippen molar-refractivity contribution in [1.82, 2.24) is 14.8 Å². The van der Waals surface area contributed by atoms with Crippen LogP contribution in [0.3, 0.4) is 0 Å². The fraction of sp³-hybridized carbons (Fsp3) is 0.167. The van der Waals surface area contributed by atoms with E-state index in [1.165, 1.54) is 4.68 Å². The second kappa shape index (κ2) is 7.94. The Morgan fingerprint density at radius 1 is 1.20 bits per heavy atom. The van der Waals surface area contributed by atoms with Crippen LogP contribution in [0.15, 0.2) is 64.1 Å². The summed E-state index contributed by atoms with van der Waals surface area (Å²) in [5, 5.41) is 7.21. The van der Waals surface area contributed by atoms with Gasteiger partial charge in [-0.05, 0) is 27.6 Å². The highest BCUT2D eigenvalue weighted by atomic mass is 79.9. The second-order valence-corrected chi connectivity index (χ2v) is 6.19. The molecular weight excluding hydrogens is 384 g/mol. The maximum atomic E-state index is 11.9. The van der Waals surface area contributed by atoms with Gasteiger partial charge in [0.15, 0.2) is 0 Å². The largest absolute Gasteiger partial charge is 0.473 e. The van der Waals surface area contributed by atoms with Crippen LogP contribution in [0.1, 0.15) is 11.1 Å². The molecule has 7 heteroatoms. The number of hydrogen-bond acceptors (Lipinski definition) is 5. The van der Waals surface area contributed by atoms with Crippen molar-refractivity contribution in [3.05, 3.63) is 80.8 Å². The summed E-state index contributed by atoms with van der Waals surface area (Å²) in [6, 6.07) is 13.7. The molecule has 25 heavy (non-hydrogen) atoms. The van der Waals surface area contributed by atoms with Crippen LogP contribution in [0.4, 0.5) is 5.69 Å². The van der Waals surface area contributed by atoms with Gasteiger partial charge in [0.05, 0.1) is 11.9 Å². The van der Waals surface area contributed by atoms with Gasteiger partial charge in [0.2, 0.25) is 5.88 Å². The molecule has 0 radical (unpaired) electrons. The summed E-state index contributed by atoms with van der Waals surface area (Å²) in [5.41, 5.74) is 2.40. The molecule has 0 amide bonds. The number of halogens is 1. The third-order valence-corrected chi connectivity index (χ3v) is 4.38. The topological polar surface area (TPSA) is 69.0 Å². The Morgan fingerprint density at radius 2 is 2.00 bits per heavy atom. The van der Waals surface area contributed by atoms with Gasteiger partial charge in [-0.3, -0.25) is 4.79 Å². The van der Waals surface area contributed by atoms with Crippen LogP contribution in [0.2, 0.25) is 0 Å². The predicted molar refractivity (Wildman–Crippen MR) is 99.5 cm³/mol. The van der Waals surface area contributed by atoms with Crippen molar-refractivity contribution in [2.24, 2.45) is 7.05 Å². The lowest BCUT2D eigenvalue weighted by Crippen LogP contribution is -2.21. The van der Waals surface area contributed by atoms with Crippen molar-refractivity contribution >= 4 is 21.6 Å². The number of nitrogens with zero attached hydrogens (tertiary/aromatic N) is 3. The Labute approximate surface area is 153 Å². The minimum atomic E-state index is -0.197. The van der Waals surface area contributed by atoms with Crippen molar-refractivity contribution in [3.63, 3.8) is 0 Å². The van der Waals surface area contributed by atoms with E-state index in [2.05, 4.69) is 31.3 Å². The smallest absolute Gasteiger partial charge is 0.282 e. The summed E-state index contributed by atoms with van der Waals surface area (Å²) < 4.78 is 7.56. The van der Waals surface area contributed by atoms with Crippen LogP contribution < -0.4 is 15.6 Å². The van der Waals surface area contributed by atoms with Crippen molar-refractivity contribution in [2.45, 2.75) is 13.2 Å². The molecule has 0 spiro atoms. The molecule has 128 valence electrons. The second-order valence-electron chi connectivity index (χ2n) is 5.40. The van der Waals surface area contributed by atoms with Crippen LogP contribution in [0.25, 0.3) is 0 Å². The Kier molecular flexibility index (Phi) is 5.45. The molecule has 1 N–H and O–H groups in total. The lowest BCUT2D eigenvalue weighted by atomic mass is 10.2. The van der Waals surface area contributed by atoms with Gasteiger partial charge in [0, 0.05) is 25.4 Å². The molecule has 0 saturated heterocycles. The summed E-state index contributed by atoms with van der Waals surface area (Å²) in [6.45, 7) is 0.910. The van der Waals surface area contributed by atoms with Gasteiger partial charge >= 0.3 is 0 Å². The third kappa shape index (κ3) is 4.24. The number of hydrogen-bond donors (Lipinski definition) is 1. The average molecular weight is 401 g/mol. The zero-order chi connectivity index (χ0) is 17.6. The van der Waals surface area contributed by atoms with E-state index in [1.807, 2.05) is 42.5 Å². The van der Waals surface area contributed by atoms with E-state index in [1.54, 1.807) is 19.4 Å². The normalized spacial score (nSPS) is 10.5. The van der Waals surface area contributed by atoms with E-state index in [-0.39, 0.29) is 5.56 Å². The molecule has 0 aliphatic carbocycles. The number of ether oxygens (including phenoxy) is 1. The molecule has 1 aromatic carbocycles. The molecule has 3 aromatic rings. The molecule has 6 nitrogen and oxygen atoms in total. The summed E-state index contributed by atoms with van der Waals surface area (Å²) in [6.07, 6.45) is 3.30. The maximum Gasteiger partial charge on any atom is 0.282 e. The number of nitrogens with one attached hydrogen (secondary N) is 1. The lowest BCUT2D eigenvalue weighted by Gasteiger charge is -2.12. The molecule has 2 heterocycles. The zero-order valence-electron chi connectivity index (χ0n) is 13.6. The molecule has 0 saturated carbocycles. The predicted octanol–water partition coefficient (Wildman–Crippen LogP) is 3.13. The van der Waals surface area contributed by atoms with E-state index in [0.29, 0.717) is 29.2 Å². The molecule has 2 aromatic heterocycles. The van der Waals surface area contributed by atoms with Gasteiger partial charge in [-0.15, -0.1) is 0 Å². The molecule has 0 fully saturated rings. The minimum absolute atomic E-state index is 0.197. The highest BCUT2D eigenvalue weighted by Gasteiger charge is 2.09. The fourth-order valence-electron chi connectivity index (χ4n) is 2.24. The first-order valence-electron chi connectivity index (χ1n) is 7.71. The van der Waals surface area contributed by atoms with Crippen LogP contribution >= 0.6 is 15.9 Å². The summed E-state index contributed by atoms with van der Waals surface area (Å²) >= 11 is 3.30. The maximum absolute atomic E-state index is 11.9. The van der Waals surface area contributed by atoms with Crippen LogP contribution in [-0.4, -0.2) is 14.8 Å². The number of anilines is 1. The Morgan fingerprint density at radius 3 is 2.80 bits per heavy atom. The standard InChI is InChI=1S/C18H17BrN4O2/c1-23-18(24)16(19)15(11-22-23)21-10-14-8-5-9-20-17(14)25-12-13-6-3-2-4-7-13/h2-9,11,21H,10,12H2,1H3. The number of benzene rings is 1. The highest BCUT2D eigenvalue weighted by Crippen LogP contribution is 2.20. The van der Waals surface area contributed by atoms with E-state index < -0.39 is 0 Å². The molecule has 0 aliphatic rings. The van der Waals surface area contributed by atoms with Gasteiger partial charge in [-0.2, -0.15) is 5.10 Å². The monoisotopic (exact) mass is 400 g/mol. The third-order valence-electron chi connectivity index (χ3n) is 3.62. The van der Waals surface area contributed by atoms with Crippen LogP contribution in [0, 0.1) is 0 Å². The van der Waals surface area contributed by atoms with Gasteiger partial charge in [-0.25, -0.2) is 9.67 Å².